The van der Waals surface area contributed by atoms with E-state index >= 15 is 0 Å². The largest absolute Gasteiger partial charge is 0.339 e. The zero-order valence-corrected chi connectivity index (χ0v) is 18.6. The van der Waals surface area contributed by atoms with E-state index in [1.807, 2.05) is 0 Å². The van der Waals surface area contributed by atoms with Gasteiger partial charge in [0.15, 0.2) is 0 Å². The Bertz CT molecular complexity index is 1110. The molecule has 0 atom stereocenters. The molecule has 2 aliphatic heterocycles. The number of rotatable bonds is 5. The third kappa shape index (κ3) is 4.61. The molecule has 2 amide bonds. The molecule has 2 aromatic carbocycles. The molecule has 2 heterocycles. The SMILES string of the molecule is O=C(Nc1cc(Cl)ccc1C(=O)N1CCCC1)c1cccc(S(=O)(=O)N2CCCC2)c1. The van der Waals surface area contributed by atoms with Crippen LogP contribution in [0.4, 0.5) is 5.69 Å². The number of hydrogen-bond acceptors (Lipinski definition) is 4. The fraction of sp³-hybridized carbons (Fsp3) is 0.364. The van der Waals surface area contributed by atoms with E-state index in [-0.39, 0.29) is 16.4 Å². The zero-order valence-electron chi connectivity index (χ0n) is 17.0. The highest BCUT2D eigenvalue weighted by Crippen LogP contribution is 2.26. The van der Waals surface area contributed by atoms with Crippen molar-refractivity contribution in [3.63, 3.8) is 0 Å². The van der Waals surface area contributed by atoms with Crippen LogP contribution in [0.5, 0.6) is 0 Å². The zero-order chi connectivity index (χ0) is 22.0. The van der Waals surface area contributed by atoms with E-state index in [2.05, 4.69) is 5.32 Å². The maximum Gasteiger partial charge on any atom is 0.255 e. The highest BCUT2D eigenvalue weighted by Gasteiger charge is 2.28. The van der Waals surface area contributed by atoms with Gasteiger partial charge in [-0.25, -0.2) is 8.42 Å². The van der Waals surface area contributed by atoms with Crippen LogP contribution in [0.3, 0.4) is 0 Å². The summed E-state index contributed by atoms with van der Waals surface area (Å²) in [6.45, 7) is 2.35. The van der Waals surface area contributed by atoms with E-state index in [4.69, 9.17) is 11.6 Å². The summed E-state index contributed by atoms with van der Waals surface area (Å²) in [6, 6.07) is 10.7. The summed E-state index contributed by atoms with van der Waals surface area (Å²) in [6.07, 6.45) is 3.59. The summed E-state index contributed by atoms with van der Waals surface area (Å²) in [7, 11) is -3.64. The first kappa shape index (κ1) is 21.8. The Labute approximate surface area is 187 Å². The van der Waals surface area contributed by atoms with Crippen molar-refractivity contribution >= 4 is 39.1 Å². The van der Waals surface area contributed by atoms with Crippen molar-refractivity contribution in [1.82, 2.24) is 9.21 Å². The predicted molar refractivity (Wildman–Crippen MR) is 119 cm³/mol. The molecule has 0 unspecified atom stereocenters. The smallest absolute Gasteiger partial charge is 0.255 e. The molecule has 4 rings (SSSR count). The fourth-order valence-corrected chi connectivity index (χ4v) is 5.70. The highest BCUT2D eigenvalue weighted by atomic mass is 35.5. The minimum absolute atomic E-state index is 0.0847. The molecule has 1 N–H and O–H groups in total. The van der Waals surface area contributed by atoms with Crippen LogP contribution >= 0.6 is 11.6 Å². The minimum atomic E-state index is -3.64. The van der Waals surface area contributed by atoms with Crippen LogP contribution in [0.1, 0.15) is 46.4 Å². The summed E-state index contributed by atoms with van der Waals surface area (Å²) in [5.41, 5.74) is 0.863. The molecule has 7 nitrogen and oxygen atoms in total. The maximum absolute atomic E-state index is 12.9. The number of nitrogens with zero attached hydrogens (tertiary/aromatic N) is 2. The monoisotopic (exact) mass is 461 g/mol. The third-order valence-electron chi connectivity index (χ3n) is 5.65. The van der Waals surface area contributed by atoms with Crippen LogP contribution in [0.15, 0.2) is 47.4 Å². The van der Waals surface area contributed by atoms with E-state index in [0.717, 1.165) is 25.7 Å². The Morgan fingerprint density at radius 1 is 0.903 bits per heavy atom. The summed E-state index contributed by atoms with van der Waals surface area (Å²) in [5.74, 6) is -0.661. The number of nitrogens with one attached hydrogen (secondary N) is 1. The molecule has 2 aliphatic rings. The molecule has 2 fully saturated rings. The molecule has 0 radical (unpaired) electrons. The van der Waals surface area contributed by atoms with Gasteiger partial charge in [-0.2, -0.15) is 4.31 Å². The van der Waals surface area contributed by atoms with E-state index in [0.29, 0.717) is 42.5 Å². The Morgan fingerprint density at radius 2 is 1.58 bits per heavy atom. The first-order valence-corrected chi connectivity index (χ1v) is 12.2. The van der Waals surface area contributed by atoms with Gasteiger partial charge in [-0.15, -0.1) is 0 Å². The van der Waals surface area contributed by atoms with Gasteiger partial charge in [-0.05, 0) is 62.1 Å². The number of amides is 2. The van der Waals surface area contributed by atoms with Crippen molar-refractivity contribution in [2.24, 2.45) is 0 Å². The van der Waals surface area contributed by atoms with Gasteiger partial charge in [-0.3, -0.25) is 9.59 Å². The fourth-order valence-electron chi connectivity index (χ4n) is 3.97. The summed E-state index contributed by atoms with van der Waals surface area (Å²) in [4.78, 5) is 27.6. The Kier molecular flexibility index (Phi) is 6.31. The van der Waals surface area contributed by atoms with Gasteiger partial charge in [0.05, 0.1) is 16.1 Å². The normalized spacial score (nSPS) is 17.1. The van der Waals surface area contributed by atoms with Crippen molar-refractivity contribution in [1.29, 1.82) is 0 Å². The number of carbonyl (C=O) groups is 2. The van der Waals surface area contributed by atoms with Gasteiger partial charge >= 0.3 is 0 Å². The molecule has 0 aliphatic carbocycles. The quantitative estimate of drug-likeness (QED) is 0.736. The lowest BCUT2D eigenvalue weighted by Crippen LogP contribution is -2.29. The number of hydrogen-bond donors (Lipinski definition) is 1. The second kappa shape index (κ2) is 8.98. The van der Waals surface area contributed by atoms with Crippen LogP contribution in [0, 0.1) is 0 Å². The van der Waals surface area contributed by atoms with Gasteiger partial charge in [0, 0.05) is 36.8 Å². The topological polar surface area (TPSA) is 86.8 Å². The van der Waals surface area contributed by atoms with Crippen molar-refractivity contribution in [3.05, 3.63) is 58.6 Å². The van der Waals surface area contributed by atoms with E-state index in [1.165, 1.54) is 22.5 Å². The van der Waals surface area contributed by atoms with Crippen LogP contribution in [-0.4, -0.2) is 55.6 Å². The average molecular weight is 462 g/mol. The van der Waals surface area contributed by atoms with Crippen molar-refractivity contribution in [2.75, 3.05) is 31.5 Å². The lowest BCUT2D eigenvalue weighted by Gasteiger charge is -2.18. The number of carbonyl (C=O) groups excluding carboxylic acids is 2. The number of sulfonamides is 1. The molecule has 0 saturated carbocycles. The van der Waals surface area contributed by atoms with Crippen LogP contribution in [0.2, 0.25) is 5.02 Å². The van der Waals surface area contributed by atoms with Gasteiger partial charge in [0.2, 0.25) is 10.0 Å². The number of likely N-dealkylation sites (tertiary alicyclic amines) is 1. The maximum atomic E-state index is 12.9. The number of anilines is 1. The third-order valence-corrected chi connectivity index (χ3v) is 7.78. The van der Waals surface area contributed by atoms with E-state index < -0.39 is 15.9 Å². The number of halogens is 1. The molecule has 31 heavy (non-hydrogen) atoms. The molecular formula is C22H24ClN3O4S. The van der Waals surface area contributed by atoms with E-state index in [9.17, 15) is 18.0 Å². The van der Waals surface area contributed by atoms with Crippen molar-refractivity contribution in [2.45, 2.75) is 30.6 Å². The summed E-state index contributed by atoms with van der Waals surface area (Å²) < 4.78 is 27.1. The summed E-state index contributed by atoms with van der Waals surface area (Å²) in [5, 5.41) is 3.13. The highest BCUT2D eigenvalue weighted by molar-refractivity contribution is 7.89. The van der Waals surface area contributed by atoms with Gasteiger partial charge in [-0.1, -0.05) is 17.7 Å². The van der Waals surface area contributed by atoms with Crippen LogP contribution < -0.4 is 5.32 Å². The standard InChI is InChI=1S/C22H24ClN3O4S/c23-17-8-9-19(22(28)25-10-1-2-11-25)20(15-17)24-21(27)16-6-5-7-18(14-16)31(29,30)26-12-3-4-13-26/h5-9,14-15H,1-4,10-13H2,(H,24,27). The average Bonchev–Trinajstić information content (AvgIpc) is 3.48. The first-order chi connectivity index (χ1) is 14.9. The molecule has 2 saturated heterocycles. The first-order valence-electron chi connectivity index (χ1n) is 10.4. The molecule has 0 spiro atoms. The number of benzene rings is 2. The molecule has 164 valence electrons. The van der Waals surface area contributed by atoms with Gasteiger partial charge < -0.3 is 10.2 Å². The molecule has 0 aromatic heterocycles. The lowest BCUT2D eigenvalue weighted by molar-refractivity contribution is 0.0794. The van der Waals surface area contributed by atoms with Crippen molar-refractivity contribution < 1.29 is 18.0 Å². The Balaban J connectivity index is 1.59. The minimum Gasteiger partial charge on any atom is -0.339 e. The van der Waals surface area contributed by atoms with Crippen LogP contribution in [-0.2, 0) is 10.0 Å². The molecule has 9 heteroatoms. The van der Waals surface area contributed by atoms with E-state index in [1.54, 1.807) is 29.2 Å². The molecular weight excluding hydrogens is 438 g/mol. The van der Waals surface area contributed by atoms with Crippen molar-refractivity contribution in [3.8, 4) is 0 Å². The Hall–Kier alpha value is -2.42. The molecule has 2 aromatic rings. The second-order valence-corrected chi connectivity index (χ2v) is 10.2. The van der Waals surface area contributed by atoms with Gasteiger partial charge in [0.25, 0.3) is 11.8 Å². The summed E-state index contributed by atoms with van der Waals surface area (Å²) >= 11 is 6.11. The molecule has 0 bridgehead atoms. The van der Waals surface area contributed by atoms with Crippen LogP contribution in [0.25, 0.3) is 0 Å². The Morgan fingerprint density at radius 3 is 2.29 bits per heavy atom. The predicted octanol–water partition coefficient (Wildman–Crippen LogP) is 3.61. The van der Waals surface area contributed by atoms with Gasteiger partial charge in [0.1, 0.15) is 0 Å². The second-order valence-electron chi connectivity index (χ2n) is 7.78. The lowest BCUT2D eigenvalue weighted by atomic mass is 10.1.